The number of ether oxygens (including phenoxy) is 1. The summed E-state index contributed by atoms with van der Waals surface area (Å²) in [6.45, 7) is 2.67. The molecule has 0 saturated heterocycles. The molecule has 1 heterocycles. The molecular formula is C21H26N4O4S2. The first-order valence-corrected chi connectivity index (χ1v) is 12.0. The van der Waals surface area contributed by atoms with E-state index >= 15 is 0 Å². The Morgan fingerprint density at radius 1 is 1.32 bits per heavy atom. The van der Waals surface area contributed by atoms with Crippen LogP contribution in [0, 0.1) is 5.92 Å². The number of benzene rings is 1. The van der Waals surface area contributed by atoms with E-state index in [9.17, 15) is 14.4 Å². The number of esters is 1. The number of nitrogens with one attached hydrogen (secondary N) is 1. The van der Waals surface area contributed by atoms with Gasteiger partial charge in [-0.25, -0.2) is 9.78 Å². The smallest absolute Gasteiger partial charge is 0.328 e. The van der Waals surface area contributed by atoms with Gasteiger partial charge in [-0.05, 0) is 43.9 Å². The fraction of sp³-hybridized carbons (Fsp3) is 0.429. The highest BCUT2D eigenvalue weighted by molar-refractivity contribution is 8.01. The maximum Gasteiger partial charge on any atom is 0.328 e. The molecule has 1 aliphatic rings. The second kappa shape index (κ2) is 11.1. The molecule has 0 bridgehead atoms. The number of hydrogen-bond acceptors (Lipinski definition) is 7. The van der Waals surface area contributed by atoms with Gasteiger partial charge in [-0.1, -0.05) is 30.2 Å². The number of anilines is 2. The Balaban J connectivity index is 1.70. The van der Waals surface area contributed by atoms with Crippen molar-refractivity contribution in [3.8, 4) is 0 Å². The van der Waals surface area contributed by atoms with Crippen molar-refractivity contribution in [2.75, 3.05) is 29.1 Å². The Morgan fingerprint density at radius 3 is 2.81 bits per heavy atom. The summed E-state index contributed by atoms with van der Waals surface area (Å²) >= 11 is 2.61. The molecule has 1 aromatic carbocycles. The zero-order valence-corrected chi connectivity index (χ0v) is 19.0. The number of urea groups is 1. The summed E-state index contributed by atoms with van der Waals surface area (Å²) in [5.41, 5.74) is 6.39. The number of thioether (sulfide) groups is 1. The number of amides is 3. The van der Waals surface area contributed by atoms with Crippen molar-refractivity contribution in [1.82, 2.24) is 4.98 Å². The largest absolute Gasteiger partial charge is 0.465 e. The summed E-state index contributed by atoms with van der Waals surface area (Å²) < 4.78 is 5.73. The maximum atomic E-state index is 13.1. The average Bonchev–Trinajstić information content (AvgIpc) is 3.42. The molecular weight excluding hydrogens is 436 g/mol. The molecule has 2 aromatic rings. The molecule has 31 heavy (non-hydrogen) atoms. The summed E-state index contributed by atoms with van der Waals surface area (Å²) in [6.07, 6.45) is 6.10. The topological polar surface area (TPSA) is 115 Å². The Kier molecular flexibility index (Phi) is 8.30. The number of nitrogens with two attached hydrogens (primary N) is 1. The molecule has 166 valence electrons. The van der Waals surface area contributed by atoms with Crippen LogP contribution in [0.5, 0.6) is 0 Å². The van der Waals surface area contributed by atoms with Gasteiger partial charge in [-0.15, -0.1) is 11.8 Å². The van der Waals surface area contributed by atoms with Crippen molar-refractivity contribution in [3.63, 3.8) is 0 Å². The summed E-state index contributed by atoms with van der Waals surface area (Å²) in [5.74, 6) is -0.221. The van der Waals surface area contributed by atoms with Gasteiger partial charge < -0.3 is 10.5 Å². The van der Waals surface area contributed by atoms with Gasteiger partial charge in [-0.3, -0.25) is 19.8 Å². The standard InChI is InChI=1S/C21H26N4O4S2/c1-2-29-17(26)13-30-18-11-23-20(31-18)24-21(28)25(12-14-6-3-4-7-14)16-9-5-8-15(10-16)19(22)27/h5,8-11,14H,2-4,6-7,12-13H2,1H3,(H2,22,27)(H,23,24,28). The number of rotatable bonds is 9. The maximum absolute atomic E-state index is 13.1. The molecule has 10 heteroatoms. The van der Waals surface area contributed by atoms with Crippen molar-refractivity contribution in [2.24, 2.45) is 11.7 Å². The Hall–Kier alpha value is -2.59. The predicted molar refractivity (Wildman–Crippen MR) is 123 cm³/mol. The van der Waals surface area contributed by atoms with E-state index in [1.807, 2.05) is 0 Å². The SMILES string of the molecule is CCOC(=O)CSc1cnc(NC(=O)N(CC2CCCC2)c2cccc(C(N)=O)c2)s1. The molecule has 0 atom stereocenters. The highest BCUT2D eigenvalue weighted by Gasteiger charge is 2.24. The molecule has 0 spiro atoms. The Bertz CT molecular complexity index is 928. The zero-order valence-electron chi connectivity index (χ0n) is 17.3. The normalized spacial score (nSPS) is 13.7. The minimum absolute atomic E-state index is 0.192. The van der Waals surface area contributed by atoms with E-state index in [0.29, 0.717) is 35.5 Å². The third-order valence-corrected chi connectivity index (χ3v) is 7.02. The molecule has 1 saturated carbocycles. The summed E-state index contributed by atoms with van der Waals surface area (Å²) in [6, 6.07) is 6.47. The van der Waals surface area contributed by atoms with Crippen LogP contribution in [0.15, 0.2) is 34.7 Å². The molecule has 8 nitrogen and oxygen atoms in total. The Morgan fingerprint density at radius 2 is 2.10 bits per heavy atom. The lowest BCUT2D eigenvalue weighted by atomic mass is 10.1. The van der Waals surface area contributed by atoms with Crippen molar-refractivity contribution in [1.29, 1.82) is 0 Å². The molecule has 3 rings (SSSR count). The molecule has 3 N–H and O–H groups in total. The highest BCUT2D eigenvalue weighted by Crippen LogP contribution is 2.30. The first-order chi connectivity index (χ1) is 15.0. The highest BCUT2D eigenvalue weighted by atomic mass is 32.2. The molecule has 1 aromatic heterocycles. The quantitative estimate of drug-likeness (QED) is 0.428. The minimum atomic E-state index is -0.536. The lowest BCUT2D eigenvalue weighted by molar-refractivity contribution is -0.139. The van der Waals surface area contributed by atoms with Crippen LogP contribution in [0.3, 0.4) is 0 Å². The molecule has 1 aliphatic carbocycles. The lowest BCUT2D eigenvalue weighted by Crippen LogP contribution is -2.38. The number of aromatic nitrogens is 1. The van der Waals surface area contributed by atoms with Crippen molar-refractivity contribution < 1.29 is 19.1 Å². The van der Waals surface area contributed by atoms with Gasteiger partial charge in [-0.2, -0.15) is 0 Å². The van der Waals surface area contributed by atoms with E-state index in [1.54, 1.807) is 42.3 Å². The number of primary amides is 1. The molecule has 0 aliphatic heterocycles. The van der Waals surface area contributed by atoms with Crippen LogP contribution >= 0.6 is 23.1 Å². The van der Waals surface area contributed by atoms with Crippen LogP contribution in [0.4, 0.5) is 15.6 Å². The van der Waals surface area contributed by atoms with Gasteiger partial charge in [0.1, 0.15) is 0 Å². The number of hydrogen-bond donors (Lipinski definition) is 2. The summed E-state index contributed by atoms with van der Waals surface area (Å²) in [4.78, 5) is 42.1. The van der Waals surface area contributed by atoms with Gasteiger partial charge in [0.05, 0.1) is 22.8 Å². The first kappa shape index (κ1) is 23.1. The van der Waals surface area contributed by atoms with E-state index in [0.717, 1.165) is 29.9 Å². The monoisotopic (exact) mass is 462 g/mol. The van der Waals surface area contributed by atoms with E-state index in [4.69, 9.17) is 10.5 Å². The van der Waals surface area contributed by atoms with Gasteiger partial charge in [0.25, 0.3) is 0 Å². The number of thiazole rings is 1. The molecule has 3 amide bonds. The number of nitrogens with zero attached hydrogens (tertiary/aromatic N) is 2. The second-order valence-corrected chi connectivity index (χ2v) is 9.49. The van der Waals surface area contributed by atoms with Crippen LogP contribution in [-0.4, -0.2) is 41.8 Å². The van der Waals surface area contributed by atoms with E-state index in [-0.39, 0.29) is 17.8 Å². The third kappa shape index (κ3) is 6.70. The van der Waals surface area contributed by atoms with Crippen LogP contribution in [0.1, 0.15) is 43.0 Å². The molecule has 1 fully saturated rings. The van der Waals surface area contributed by atoms with E-state index < -0.39 is 5.91 Å². The van der Waals surface area contributed by atoms with E-state index in [1.165, 1.54) is 23.1 Å². The van der Waals surface area contributed by atoms with Crippen LogP contribution in [0.25, 0.3) is 0 Å². The minimum Gasteiger partial charge on any atom is -0.465 e. The van der Waals surface area contributed by atoms with Crippen molar-refractivity contribution in [2.45, 2.75) is 36.8 Å². The van der Waals surface area contributed by atoms with E-state index in [2.05, 4.69) is 10.3 Å². The average molecular weight is 463 g/mol. The summed E-state index contributed by atoms with van der Waals surface area (Å²) in [7, 11) is 0. The zero-order chi connectivity index (χ0) is 22.2. The fourth-order valence-electron chi connectivity index (χ4n) is 3.46. The fourth-order valence-corrected chi connectivity index (χ4v) is 5.12. The second-order valence-electron chi connectivity index (χ2n) is 7.18. The number of carbonyl (C=O) groups excluding carboxylic acids is 3. The van der Waals surface area contributed by atoms with Crippen molar-refractivity contribution >= 4 is 51.8 Å². The van der Waals surface area contributed by atoms with Crippen LogP contribution in [0.2, 0.25) is 0 Å². The van der Waals surface area contributed by atoms with Crippen LogP contribution in [-0.2, 0) is 9.53 Å². The van der Waals surface area contributed by atoms with Gasteiger partial charge in [0.15, 0.2) is 5.13 Å². The Labute approximate surface area is 189 Å². The van der Waals surface area contributed by atoms with Crippen molar-refractivity contribution in [3.05, 3.63) is 36.0 Å². The predicted octanol–water partition coefficient (Wildman–Crippen LogP) is 4.13. The van der Waals surface area contributed by atoms with Gasteiger partial charge in [0.2, 0.25) is 5.91 Å². The number of carbonyl (C=O) groups is 3. The summed E-state index contributed by atoms with van der Waals surface area (Å²) in [5, 5.41) is 3.29. The van der Waals surface area contributed by atoms with Gasteiger partial charge >= 0.3 is 12.0 Å². The third-order valence-electron chi connectivity index (χ3n) is 4.94. The lowest BCUT2D eigenvalue weighted by Gasteiger charge is -2.26. The van der Waals surface area contributed by atoms with Crippen LogP contribution < -0.4 is 16.0 Å². The van der Waals surface area contributed by atoms with Gasteiger partial charge in [0, 0.05) is 17.8 Å². The molecule has 0 radical (unpaired) electrons. The molecule has 0 unspecified atom stereocenters. The first-order valence-electron chi connectivity index (χ1n) is 10.2.